The zero-order valence-electron chi connectivity index (χ0n) is 51.8. The van der Waals surface area contributed by atoms with E-state index in [4.69, 9.17) is 23.7 Å². The van der Waals surface area contributed by atoms with Gasteiger partial charge in [-0.15, -0.1) is 0 Å². The van der Waals surface area contributed by atoms with Gasteiger partial charge in [0.1, 0.15) is 18.8 Å². The van der Waals surface area contributed by atoms with E-state index in [0.29, 0.717) is 19.3 Å². The first kappa shape index (κ1) is 75.4. The van der Waals surface area contributed by atoms with Gasteiger partial charge in [0.2, 0.25) is 0 Å². The normalized spacial score (nSPS) is 18.1. The molecule has 81 heavy (non-hydrogen) atoms. The molecule has 0 spiro atoms. The van der Waals surface area contributed by atoms with Crippen molar-refractivity contribution in [2.45, 2.75) is 340 Å². The minimum Gasteiger partial charge on any atom is -0.479 e. The third-order valence-corrected chi connectivity index (χ3v) is 15.0. The number of aliphatic carboxylic acids is 1. The van der Waals surface area contributed by atoms with Crippen LogP contribution in [-0.4, -0.2) is 89.2 Å². The topological polar surface area (TPSA) is 175 Å². The van der Waals surface area contributed by atoms with Crippen LogP contribution >= 0.6 is 0 Å². The number of carboxylic acid groups (broad SMARTS) is 1. The van der Waals surface area contributed by atoms with Crippen molar-refractivity contribution in [3.63, 3.8) is 0 Å². The molecule has 0 aliphatic carbocycles. The highest BCUT2D eigenvalue weighted by Crippen LogP contribution is 2.27. The van der Waals surface area contributed by atoms with Gasteiger partial charge < -0.3 is 39.0 Å². The maximum Gasteiger partial charge on any atom is 0.335 e. The fourth-order valence-corrected chi connectivity index (χ4v) is 9.96. The lowest BCUT2D eigenvalue weighted by molar-refractivity contribution is -0.301. The molecule has 6 atom stereocenters. The number of ether oxygens (including phenoxy) is 5. The van der Waals surface area contributed by atoms with Crippen molar-refractivity contribution in [3.8, 4) is 0 Å². The highest BCUT2D eigenvalue weighted by molar-refractivity contribution is 5.74. The molecular formula is C69H120O12. The van der Waals surface area contributed by atoms with Gasteiger partial charge in [-0.3, -0.25) is 14.4 Å². The van der Waals surface area contributed by atoms with Crippen LogP contribution in [0.4, 0.5) is 0 Å². The molecule has 12 heteroatoms. The molecule has 0 aromatic heterocycles. The van der Waals surface area contributed by atoms with Gasteiger partial charge in [0.15, 0.2) is 24.6 Å². The summed E-state index contributed by atoms with van der Waals surface area (Å²) < 4.78 is 28.6. The maximum absolute atomic E-state index is 13.2. The minimum atomic E-state index is -1.91. The number of hydrogen-bond acceptors (Lipinski definition) is 11. The number of hydrogen-bond donors (Lipinski definition) is 3. The van der Waals surface area contributed by atoms with Crippen LogP contribution in [0.1, 0.15) is 303 Å². The van der Waals surface area contributed by atoms with E-state index in [1.165, 1.54) is 122 Å². The second-order valence-electron chi connectivity index (χ2n) is 22.7. The van der Waals surface area contributed by atoms with Crippen molar-refractivity contribution in [1.82, 2.24) is 0 Å². The number of unbranched alkanes of at least 4 members (excludes halogenated alkanes) is 33. The standard InChI is InChI=1S/C69H120O12/c1-4-7-10-13-16-19-22-25-28-30-31-33-35-37-40-43-46-49-52-55-61(70)77-58-60(79-62(71)56-53-50-47-44-41-39-36-32-29-26-23-20-17-14-11-8-5-2)59-78-69-67(65(74)64(73)66(81-69)68(75)76)80-63(72)57-54-51-48-45-42-38-34-27-24-21-18-15-12-9-6-3/h8,11,17,20,25-29,34,60,64-67,69,73-74H,4-7,9-10,12-16,18-19,21-24,30-33,35-59H2,1-3H3,(H,75,76)/b11-8-,20-17-,28-25-,29-26-,34-27-. The van der Waals surface area contributed by atoms with Gasteiger partial charge >= 0.3 is 23.9 Å². The summed E-state index contributed by atoms with van der Waals surface area (Å²) in [6.45, 7) is 5.90. The highest BCUT2D eigenvalue weighted by atomic mass is 16.7. The molecule has 1 saturated heterocycles. The molecule has 1 fully saturated rings. The molecule has 1 aliphatic heterocycles. The van der Waals surface area contributed by atoms with E-state index >= 15 is 0 Å². The lowest BCUT2D eigenvalue weighted by Crippen LogP contribution is -2.61. The average molecular weight is 1140 g/mol. The molecule has 0 saturated carbocycles. The Morgan fingerprint density at radius 2 is 0.778 bits per heavy atom. The van der Waals surface area contributed by atoms with E-state index in [9.17, 15) is 34.5 Å². The van der Waals surface area contributed by atoms with E-state index in [2.05, 4.69) is 81.5 Å². The quantitative estimate of drug-likeness (QED) is 0.0228. The predicted molar refractivity (Wildman–Crippen MR) is 331 cm³/mol. The summed E-state index contributed by atoms with van der Waals surface area (Å²) in [5.74, 6) is -3.13. The zero-order chi connectivity index (χ0) is 58.9. The predicted octanol–water partition coefficient (Wildman–Crippen LogP) is 17.9. The second kappa shape index (κ2) is 56.9. The number of carbonyl (C=O) groups excluding carboxylic acids is 3. The minimum absolute atomic E-state index is 0.0498. The molecule has 0 radical (unpaired) electrons. The molecule has 0 aromatic rings. The van der Waals surface area contributed by atoms with Gasteiger partial charge in [-0.2, -0.15) is 0 Å². The average Bonchev–Trinajstić information content (AvgIpc) is 3.52. The second-order valence-corrected chi connectivity index (χ2v) is 22.7. The van der Waals surface area contributed by atoms with E-state index in [1.54, 1.807) is 0 Å². The summed E-state index contributed by atoms with van der Waals surface area (Å²) in [6, 6.07) is 0. The number of rotatable bonds is 57. The summed E-state index contributed by atoms with van der Waals surface area (Å²) in [6.07, 6.45) is 58.9. The largest absolute Gasteiger partial charge is 0.479 e. The Morgan fingerprint density at radius 3 is 1.20 bits per heavy atom. The molecule has 1 rings (SSSR count). The Labute approximate surface area is 494 Å². The summed E-state index contributed by atoms with van der Waals surface area (Å²) in [5, 5.41) is 31.6. The van der Waals surface area contributed by atoms with Crippen LogP contribution in [0.25, 0.3) is 0 Å². The van der Waals surface area contributed by atoms with Crippen LogP contribution in [-0.2, 0) is 42.9 Å². The monoisotopic (exact) mass is 1140 g/mol. The van der Waals surface area contributed by atoms with E-state index in [-0.39, 0.29) is 25.9 Å². The van der Waals surface area contributed by atoms with Crippen LogP contribution in [0, 0.1) is 0 Å². The Kier molecular flexibility index (Phi) is 53.0. The van der Waals surface area contributed by atoms with Gasteiger partial charge in [-0.05, 0) is 103 Å². The van der Waals surface area contributed by atoms with Gasteiger partial charge in [0, 0.05) is 19.3 Å². The summed E-state index contributed by atoms with van der Waals surface area (Å²) >= 11 is 0. The molecule has 0 amide bonds. The number of carbonyl (C=O) groups is 4. The van der Waals surface area contributed by atoms with Crippen molar-refractivity contribution < 1.29 is 58.2 Å². The summed E-state index contributed by atoms with van der Waals surface area (Å²) in [7, 11) is 0. The first-order valence-electron chi connectivity index (χ1n) is 33.3. The first-order valence-corrected chi connectivity index (χ1v) is 33.3. The molecule has 3 N–H and O–H groups in total. The van der Waals surface area contributed by atoms with E-state index < -0.39 is 67.3 Å². The van der Waals surface area contributed by atoms with Crippen LogP contribution < -0.4 is 0 Å². The maximum atomic E-state index is 13.2. The smallest absolute Gasteiger partial charge is 0.335 e. The summed E-state index contributed by atoms with van der Waals surface area (Å²) in [4.78, 5) is 51.4. The third-order valence-electron chi connectivity index (χ3n) is 15.0. The molecule has 468 valence electrons. The molecule has 6 unspecified atom stereocenters. The lowest BCUT2D eigenvalue weighted by Gasteiger charge is -2.40. The van der Waals surface area contributed by atoms with Crippen LogP contribution in [0.3, 0.4) is 0 Å². The third kappa shape index (κ3) is 46.5. The van der Waals surface area contributed by atoms with Crippen molar-refractivity contribution in [1.29, 1.82) is 0 Å². The Balaban J connectivity index is 2.65. The van der Waals surface area contributed by atoms with Crippen molar-refractivity contribution >= 4 is 23.9 Å². The Morgan fingerprint density at radius 1 is 0.420 bits per heavy atom. The van der Waals surface area contributed by atoms with Crippen molar-refractivity contribution in [3.05, 3.63) is 60.8 Å². The highest BCUT2D eigenvalue weighted by Gasteiger charge is 2.50. The number of allylic oxidation sites excluding steroid dienone is 10. The number of carboxylic acids is 1. The van der Waals surface area contributed by atoms with Crippen LogP contribution in [0.2, 0.25) is 0 Å². The van der Waals surface area contributed by atoms with Gasteiger partial charge in [-0.25, -0.2) is 4.79 Å². The fraction of sp³-hybridized carbons (Fsp3) is 0.797. The van der Waals surface area contributed by atoms with Crippen LogP contribution in [0.15, 0.2) is 60.8 Å². The molecular weight excluding hydrogens is 1020 g/mol. The fourth-order valence-electron chi connectivity index (χ4n) is 9.96. The molecule has 1 heterocycles. The zero-order valence-corrected chi connectivity index (χ0v) is 51.8. The van der Waals surface area contributed by atoms with Crippen molar-refractivity contribution in [2.75, 3.05) is 13.2 Å². The summed E-state index contributed by atoms with van der Waals surface area (Å²) in [5.41, 5.74) is 0. The number of aliphatic hydroxyl groups is 2. The van der Waals surface area contributed by atoms with E-state index in [1.807, 2.05) is 0 Å². The lowest BCUT2D eigenvalue weighted by atomic mass is 9.98. The SMILES string of the molecule is CC/C=C\C/C=C\C/C=C\CCCCCCCCCC(=O)OC(COC(=O)CCCCCCCCCCC/C=C\CCCCCCCC)COC1OC(C(=O)O)C(O)C(O)C1OC(=O)CCCCCCC/C=C\CCCCCCCC. The number of esters is 3. The van der Waals surface area contributed by atoms with Gasteiger partial charge in [-0.1, -0.05) is 242 Å². The van der Waals surface area contributed by atoms with Crippen molar-refractivity contribution in [2.24, 2.45) is 0 Å². The molecule has 1 aliphatic rings. The number of aliphatic hydroxyl groups excluding tert-OH is 2. The molecule has 12 nitrogen and oxygen atoms in total. The first-order chi connectivity index (χ1) is 39.6. The molecule has 0 bridgehead atoms. The van der Waals surface area contributed by atoms with Crippen LogP contribution in [0.5, 0.6) is 0 Å². The van der Waals surface area contributed by atoms with E-state index in [0.717, 1.165) is 122 Å². The Bertz CT molecular complexity index is 1640. The van der Waals surface area contributed by atoms with Gasteiger partial charge in [0.25, 0.3) is 0 Å². The molecule has 0 aromatic carbocycles. The Hall–Kier alpha value is -3.58. The van der Waals surface area contributed by atoms with Gasteiger partial charge in [0.05, 0.1) is 6.61 Å².